The number of aromatic hydroxyl groups is 3. The Morgan fingerprint density at radius 3 is 2.29 bits per heavy atom. The van der Waals surface area contributed by atoms with Crippen LogP contribution in [-0.4, -0.2) is 60.7 Å². The summed E-state index contributed by atoms with van der Waals surface area (Å²) in [6.45, 7) is 2.94. The summed E-state index contributed by atoms with van der Waals surface area (Å²) in [5, 5.41) is 54.2. The fourth-order valence-corrected chi connectivity index (χ4v) is 4.98. The van der Waals surface area contributed by atoms with E-state index in [0.717, 1.165) is 0 Å². The smallest absolute Gasteiger partial charge is 0.235 e. The van der Waals surface area contributed by atoms with Gasteiger partial charge >= 0.3 is 0 Å². The molecule has 2 aromatic carbocycles. The van der Waals surface area contributed by atoms with Gasteiger partial charge in [-0.05, 0) is 19.9 Å². The van der Waals surface area contributed by atoms with Gasteiger partial charge in [0.2, 0.25) is 11.7 Å². The van der Waals surface area contributed by atoms with E-state index in [0.29, 0.717) is 6.29 Å². The lowest BCUT2D eigenvalue weighted by atomic mass is 9.59. The Morgan fingerprint density at radius 2 is 1.74 bits per heavy atom. The van der Waals surface area contributed by atoms with Gasteiger partial charge in [-0.3, -0.25) is 19.2 Å². The van der Waals surface area contributed by atoms with E-state index in [2.05, 4.69) is 0 Å². The number of phenolic OH excluding ortho intramolecular Hbond substituents is 3. The maximum Gasteiger partial charge on any atom is 0.235 e. The third-order valence-electron chi connectivity index (χ3n) is 6.87. The van der Waals surface area contributed by atoms with Crippen LogP contribution in [0.15, 0.2) is 12.1 Å². The van der Waals surface area contributed by atoms with E-state index in [1.807, 2.05) is 0 Å². The number of rotatable bonds is 3. The van der Waals surface area contributed by atoms with Crippen LogP contribution in [0.3, 0.4) is 0 Å². The van der Waals surface area contributed by atoms with Gasteiger partial charge in [-0.15, -0.1) is 0 Å². The summed E-state index contributed by atoms with van der Waals surface area (Å²) >= 11 is 0. The lowest BCUT2D eigenvalue weighted by Gasteiger charge is -2.45. The van der Waals surface area contributed by atoms with Gasteiger partial charge in [-0.25, -0.2) is 0 Å². The number of aliphatic hydroxyl groups excluding tert-OH is 1. The molecule has 2 aliphatic carbocycles. The minimum absolute atomic E-state index is 0.0400. The molecule has 1 saturated carbocycles. The molecular weight excluding hydrogens is 450 g/mol. The van der Waals surface area contributed by atoms with Crippen molar-refractivity contribution in [3.05, 3.63) is 28.8 Å². The highest BCUT2D eigenvalue weighted by Gasteiger charge is 2.65. The van der Waals surface area contributed by atoms with E-state index >= 15 is 0 Å². The molecule has 2 aromatic rings. The van der Waals surface area contributed by atoms with Gasteiger partial charge in [0.25, 0.3) is 0 Å². The van der Waals surface area contributed by atoms with Gasteiger partial charge in [0.15, 0.2) is 23.1 Å². The van der Waals surface area contributed by atoms with Gasteiger partial charge in [0.05, 0.1) is 17.1 Å². The molecule has 4 rings (SSSR count). The number of Topliss-reactive ketones (excluding diaryl/α,β-unsaturated/α-hetero) is 3. The van der Waals surface area contributed by atoms with Crippen LogP contribution in [0.1, 0.15) is 47.9 Å². The molecule has 0 bridgehead atoms. The van der Waals surface area contributed by atoms with E-state index in [1.54, 1.807) is 0 Å². The van der Waals surface area contributed by atoms with Gasteiger partial charge in [0, 0.05) is 34.3 Å². The first-order valence-electron chi connectivity index (χ1n) is 10.2. The first kappa shape index (κ1) is 23.3. The number of benzene rings is 2. The molecule has 1 amide bonds. The molecule has 11 nitrogen and oxygen atoms in total. The maximum atomic E-state index is 13.4. The SMILES string of the molecule is CC(C)(C=O)c1ccc2c(O)c3c(c(O)c2c1O)C(=O)[C@]1(O)C(=O)C(C(N)=O)C(=O)C[C@@H]1[C@H]3O. The number of aldehydes is 1. The van der Waals surface area contributed by atoms with Crippen LogP contribution in [0.2, 0.25) is 0 Å². The summed E-state index contributed by atoms with van der Waals surface area (Å²) in [5.74, 6) is -11.7. The first-order valence-corrected chi connectivity index (χ1v) is 10.2. The zero-order valence-corrected chi connectivity index (χ0v) is 18.0. The normalized spacial score (nSPS) is 26.8. The second-order valence-electron chi connectivity index (χ2n) is 9.23. The summed E-state index contributed by atoms with van der Waals surface area (Å²) in [6.07, 6.45) is -2.23. The van der Waals surface area contributed by atoms with E-state index in [4.69, 9.17) is 5.73 Å². The molecular formula is C23H21NO10. The number of primary amides is 1. The van der Waals surface area contributed by atoms with Crippen LogP contribution in [-0.2, 0) is 24.6 Å². The van der Waals surface area contributed by atoms with Crippen LogP contribution in [0.5, 0.6) is 17.2 Å². The molecule has 178 valence electrons. The van der Waals surface area contributed by atoms with Crippen molar-refractivity contribution in [2.75, 3.05) is 0 Å². The van der Waals surface area contributed by atoms with Crippen molar-refractivity contribution in [1.29, 1.82) is 0 Å². The number of hydrogen-bond donors (Lipinski definition) is 6. The number of phenols is 3. The van der Waals surface area contributed by atoms with E-state index < -0.39 is 92.4 Å². The highest BCUT2D eigenvalue weighted by molar-refractivity contribution is 6.32. The van der Waals surface area contributed by atoms with Crippen molar-refractivity contribution >= 4 is 40.3 Å². The number of amides is 1. The largest absolute Gasteiger partial charge is 0.507 e. The molecule has 0 radical (unpaired) electrons. The summed E-state index contributed by atoms with van der Waals surface area (Å²) in [7, 11) is 0. The minimum atomic E-state index is -3.10. The molecule has 1 unspecified atom stereocenters. The molecule has 34 heavy (non-hydrogen) atoms. The van der Waals surface area contributed by atoms with E-state index in [1.165, 1.54) is 26.0 Å². The Bertz CT molecular complexity index is 1340. The molecule has 0 aromatic heterocycles. The summed E-state index contributed by atoms with van der Waals surface area (Å²) in [4.78, 5) is 61.8. The highest BCUT2D eigenvalue weighted by atomic mass is 16.3. The molecule has 0 spiro atoms. The fourth-order valence-electron chi connectivity index (χ4n) is 4.98. The fraction of sp³-hybridized carbons (Fsp3) is 0.348. The summed E-state index contributed by atoms with van der Waals surface area (Å²) in [5.41, 5.74) is -0.611. The van der Waals surface area contributed by atoms with Crippen LogP contribution in [0.25, 0.3) is 10.8 Å². The predicted octanol–water partition coefficient (Wildman–Crippen LogP) is -0.347. The van der Waals surface area contributed by atoms with Gasteiger partial charge < -0.3 is 36.1 Å². The highest BCUT2D eigenvalue weighted by Crippen LogP contribution is 2.55. The number of hydrogen-bond acceptors (Lipinski definition) is 10. The molecule has 4 atom stereocenters. The maximum absolute atomic E-state index is 13.4. The second kappa shape index (κ2) is 7.08. The van der Waals surface area contributed by atoms with Crippen LogP contribution >= 0.6 is 0 Å². The van der Waals surface area contributed by atoms with E-state index in [-0.39, 0.29) is 10.9 Å². The molecule has 2 aliphatic rings. The van der Waals surface area contributed by atoms with Crippen molar-refractivity contribution in [1.82, 2.24) is 0 Å². The number of ketones is 3. The van der Waals surface area contributed by atoms with Crippen LogP contribution in [0, 0.1) is 11.8 Å². The van der Waals surface area contributed by atoms with Crippen molar-refractivity contribution in [3.63, 3.8) is 0 Å². The number of nitrogens with two attached hydrogens (primary N) is 1. The Hall–Kier alpha value is -3.83. The molecule has 0 aliphatic heterocycles. The Balaban J connectivity index is 2.08. The van der Waals surface area contributed by atoms with Crippen LogP contribution < -0.4 is 5.73 Å². The Labute approximate surface area is 191 Å². The monoisotopic (exact) mass is 471 g/mol. The summed E-state index contributed by atoms with van der Waals surface area (Å²) < 4.78 is 0. The molecule has 7 N–H and O–H groups in total. The van der Waals surface area contributed by atoms with Crippen molar-refractivity contribution in [3.8, 4) is 17.2 Å². The molecule has 1 fully saturated rings. The second-order valence-corrected chi connectivity index (χ2v) is 9.23. The average Bonchev–Trinajstić information content (AvgIpc) is 2.76. The third-order valence-corrected chi connectivity index (χ3v) is 6.87. The third kappa shape index (κ3) is 2.68. The van der Waals surface area contributed by atoms with Crippen LogP contribution in [0.4, 0.5) is 0 Å². The predicted molar refractivity (Wildman–Crippen MR) is 113 cm³/mol. The zero-order chi connectivity index (χ0) is 25.5. The zero-order valence-electron chi connectivity index (χ0n) is 18.0. The number of carbonyl (C=O) groups is 5. The molecule has 11 heteroatoms. The number of aliphatic hydroxyl groups is 2. The van der Waals surface area contributed by atoms with Crippen molar-refractivity contribution < 1.29 is 49.5 Å². The van der Waals surface area contributed by atoms with E-state index in [9.17, 15) is 49.5 Å². The Morgan fingerprint density at radius 1 is 1.12 bits per heavy atom. The lowest BCUT2D eigenvalue weighted by molar-refractivity contribution is -0.163. The Kier molecular flexibility index (Phi) is 4.86. The summed E-state index contributed by atoms with van der Waals surface area (Å²) in [6, 6.07) is 2.57. The van der Waals surface area contributed by atoms with Gasteiger partial charge in [0.1, 0.15) is 23.5 Å². The quantitative estimate of drug-likeness (QED) is 0.194. The first-order chi connectivity index (χ1) is 15.7. The topological polar surface area (TPSA) is 213 Å². The van der Waals surface area contributed by atoms with Crippen molar-refractivity contribution in [2.24, 2.45) is 17.6 Å². The average molecular weight is 471 g/mol. The van der Waals surface area contributed by atoms with Gasteiger partial charge in [-0.2, -0.15) is 0 Å². The van der Waals surface area contributed by atoms with Gasteiger partial charge in [-0.1, -0.05) is 6.07 Å². The minimum Gasteiger partial charge on any atom is -0.507 e. The molecule has 0 heterocycles. The molecule has 0 saturated heterocycles. The number of carbonyl (C=O) groups excluding carboxylic acids is 5. The standard InChI is InChI=1S/C23H21NO10/c1-22(2,6-25)8-4-3-7-11(16(8)28)18(30)14-13(15(7)27)17(29)9-5-10(26)12(21(24)33)19(31)23(9,34)20(14)32/h3-4,6,9,12,17,27-30,34H,5H2,1-2H3,(H2,24,33)/t9-,12?,17-,23-/m1/s1. The number of fused-ring (bicyclic) bond motifs is 3. The van der Waals surface area contributed by atoms with Crippen molar-refractivity contribution in [2.45, 2.75) is 37.4 Å². The lowest BCUT2D eigenvalue weighted by Crippen LogP contribution is -2.65.